The van der Waals surface area contributed by atoms with E-state index >= 15 is 0 Å². The lowest BCUT2D eigenvalue weighted by Gasteiger charge is -2.06. The molecule has 118 valence electrons. The van der Waals surface area contributed by atoms with Gasteiger partial charge in [-0.1, -0.05) is 48.5 Å². The summed E-state index contributed by atoms with van der Waals surface area (Å²) in [6, 6.07) is 18.2. The summed E-state index contributed by atoms with van der Waals surface area (Å²) in [6.07, 6.45) is 3.95. The molecule has 0 unspecified atom stereocenters. The summed E-state index contributed by atoms with van der Waals surface area (Å²) >= 11 is 0. The predicted molar refractivity (Wildman–Crippen MR) is 97.6 cm³/mol. The van der Waals surface area contributed by atoms with Gasteiger partial charge in [0.25, 0.3) is 5.91 Å². The van der Waals surface area contributed by atoms with Crippen LogP contribution in [0.4, 0.5) is 0 Å². The molecule has 0 atom stereocenters. The maximum atomic E-state index is 12.2. The summed E-state index contributed by atoms with van der Waals surface area (Å²) in [5, 5.41) is 6.72. The van der Waals surface area contributed by atoms with Gasteiger partial charge in [0.2, 0.25) is 0 Å². The van der Waals surface area contributed by atoms with Crippen molar-refractivity contribution < 1.29 is 4.79 Å². The number of amides is 1. The van der Waals surface area contributed by atoms with Gasteiger partial charge in [0.15, 0.2) is 0 Å². The first kappa shape index (κ1) is 14.6. The Morgan fingerprint density at radius 3 is 2.62 bits per heavy atom. The molecule has 1 aliphatic carbocycles. The lowest BCUT2D eigenvalue weighted by molar-refractivity contribution is 0.0954. The third kappa shape index (κ3) is 2.48. The van der Waals surface area contributed by atoms with E-state index in [2.05, 4.69) is 40.9 Å². The van der Waals surface area contributed by atoms with Gasteiger partial charge in [-0.05, 0) is 53.3 Å². The highest BCUT2D eigenvalue weighted by atomic mass is 16.2. The molecule has 4 rings (SSSR count). The molecular weight excluding hydrogens is 296 g/mol. The van der Waals surface area contributed by atoms with Gasteiger partial charge in [-0.15, -0.1) is 0 Å². The van der Waals surface area contributed by atoms with E-state index in [1.807, 2.05) is 25.1 Å². The van der Waals surface area contributed by atoms with E-state index in [4.69, 9.17) is 0 Å². The van der Waals surface area contributed by atoms with Gasteiger partial charge in [0, 0.05) is 11.1 Å². The fourth-order valence-corrected chi connectivity index (χ4v) is 3.43. The first-order valence-corrected chi connectivity index (χ1v) is 8.16. The van der Waals surface area contributed by atoms with Crippen LogP contribution in [0.1, 0.15) is 32.6 Å². The van der Waals surface area contributed by atoms with E-state index in [0.717, 1.165) is 24.0 Å². The molecule has 3 heteroatoms. The molecule has 1 N–H and O–H groups in total. The molecule has 0 saturated heterocycles. The van der Waals surface area contributed by atoms with Crippen LogP contribution >= 0.6 is 0 Å². The fraction of sp³-hybridized carbons (Fsp3) is 0.143. The number of benzene rings is 3. The monoisotopic (exact) mass is 314 g/mol. The fourth-order valence-electron chi connectivity index (χ4n) is 3.43. The molecule has 1 amide bonds. The maximum absolute atomic E-state index is 12.2. The zero-order valence-corrected chi connectivity index (χ0v) is 13.5. The van der Waals surface area contributed by atoms with Gasteiger partial charge in [0.05, 0.1) is 6.21 Å². The van der Waals surface area contributed by atoms with Gasteiger partial charge >= 0.3 is 0 Å². The van der Waals surface area contributed by atoms with Crippen molar-refractivity contribution in [2.24, 2.45) is 5.10 Å². The summed E-state index contributed by atoms with van der Waals surface area (Å²) in [5.41, 5.74) is 8.06. The van der Waals surface area contributed by atoms with Crippen LogP contribution in [0.3, 0.4) is 0 Å². The van der Waals surface area contributed by atoms with E-state index in [1.165, 1.54) is 21.9 Å². The van der Waals surface area contributed by atoms with Crippen LogP contribution < -0.4 is 5.43 Å². The van der Waals surface area contributed by atoms with Crippen molar-refractivity contribution in [3.63, 3.8) is 0 Å². The number of hydrogen-bond acceptors (Lipinski definition) is 2. The van der Waals surface area contributed by atoms with E-state index in [9.17, 15) is 4.79 Å². The molecule has 3 aromatic rings. The molecule has 0 heterocycles. The lowest BCUT2D eigenvalue weighted by Crippen LogP contribution is -2.18. The molecule has 0 saturated carbocycles. The highest BCUT2D eigenvalue weighted by molar-refractivity contribution is 6.04. The molecular formula is C21H18N2O. The van der Waals surface area contributed by atoms with Crippen LogP contribution in [-0.2, 0) is 12.8 Å². The lowest BCUT2D eigenvalue weighted by atomic mass is 10.0. The second-order valence-corrected chi connectivity index (χ2v) is 6.17. The predicted octanol–water partition coefficient (Wildman–Crippen LogP) is 4.01. The number of carbonyl (C=O) groups is 1. The number of hydrazone groups is 1. The number of nitrogens with zero attached hydrogens (tertiary/aromatic N) is 1. The minimum Gasteiger partial charge on any atom is -0.267 e. The molecule has 0 fully saturated rings. The summed E-state index contributed by atoms with van der Waals surface area (Å²) in [4.78, 5) is 12.2. The second kappa shape index (κ2) is 5.93. The Bertz CT molecular complexity index is 962. The van der Waals surface area contributed by atoms with Crippen LogP contribution in [0.5, 0.6) is 0 Å². The smallest absolute Gasteiger partial charge is 0.267 e. The van der Waals surface area contributed by atoms with Crippen molar-refractivity contribution in [1.29, 1.82) is 0 Å². The number of carbonyl (C=O) groups excluding carboxylic acids is 1. The minimum absolute atomic E-state index is 0.185. The molecule has 1 aliphatic rings. The van der Waals surface area contributed by atoms with E-state index in [0.29, 0.717) is 5.56 Å². The number of hydrogen-bond donors (Lipinski definition) is 1. The molecule has 3 nitrogen and oxygen atoms in total. The Morgan fingerprint density at radius 2 is 1.79 bits per heavy atom. The minimum atomic E-state index is -0.185. The Morgan fingerprint density at radius 1 is 1.00 bits per heavy atom. The van der Waals surface area contributed by atoms with Crippen LogP contribution in [0.2, 0.25) is 0 Å². The standard InChI is InChI=1S/C21H18N2O/c1-14-5-2-3-7-18(14)21(24)23-22-13-17-12-11-16-10-9-15-6-4-8-19(17)20(15)16/h2-8,11-13H,9-10H2,1H3,(H,23,24)/b22-13-. The summed E-state index contributed by atoms with van der Waals surface area (Å²) in [5.74, 6) is -0.185. The average Bonchev–Trinajstić information content (AvgIpc) is 3.02. The molecule has 0 aromatic heterocycles. The largest absolute Gasteiger partial charge is 0.271 e. The normalized spacial score (nSPS) is 12.9. The van der Waals surface area contributed by atoms with E-state index in [1.54, 1.807) is 12.3 Å². The first-order valence-electron chi connectivity index (χ1n) is 8.16. The van der Waals surface area contributed by atoms with Crippen LogP contribution in [0, 0.1) is 6.92 Å². The highest BCUT2D eigenvalue weighted by Crippen LogP contribution is 2.32. The Balaban J connectivity index is 1.60. The number of nitrogens with one attached hydrogen (secondary N) is 1. The highest BCUT2D eigenvalue weighted by Gasteiger charge is 2.15. The van der Waals surface area contributed by atoms with Gasteiger partial charge in [-0.25, -0.2) is 5.43 Å². The van der Waals surface area contributed by atoms with Crippen molar-refractivity contribution in [1.82, 2.24) is 5.43 Å². The second-order valence-electron chi connectivity index (χ2n) is 6.17. The Labute approximate surface area is 141 Å². The van der Waals surface area contributed by atoms with Crippen molar-refractivity contribution in [3.05, 3.63) is 82.4 Å². The molecule has 24 heavy (non-hydrogen) atoms. The summed E-state index contributed by atoms with van der Waals surface area (Å²) in [7, 11) is 0. The zero-order chi connectivity index (χ0) is 16.5. The van der Waals surface area contributed by atoms with Crippen molar-refractivity contribution in [2.45, 2.75) is 19.8 Å². The maximum Gasteiger partial charge on any atom is 0.271 e. The van der Waals surface area contributed by atoms with Crippen LogP contribution in [0.15, 0.2) is 59.7 Å². The third-order valence-electron chi connectivity index (χ3n) is 4.67. The molecule has 0 bridgehead atoms. The van der Waals surface area contributed by atoms with E-state index in [-0.39, 0.29) is 5.91 Å². The SMILES string of the molecule is Cc1ccccc1C(=O)N/N=C\c1ccc2c3c(cccc13)CC2. The Kier molecular flexibility index (Phi) is 3.62. The van der Waals surface area contributed by atoms with E-state index < -0.39 is 0 Å². The molecule has 0 radical (unpaired) electrons. The Hall–Kier alpha value is -2.94. The summed E-state index contributed by atoms with van der Waals surface area (Å²) < 4.78 is 0. The van der Waals surface area contributed by atoms with Gasteiger partial charge < -0.3 is 0 Å². The first-order chi connectivity index (χ1) is 11.7. The van der Waals surface area contributed by atoms with Gasteiger partial charge in [0.1, 0.15) is 0 Å². The number of rotatable bonds is 3. The third-order valence-corrected chi connectivity index (χ3v) is 4.67. The van der Waals surface area contributed by atoms with Crippen molar-refractivity contribution in [3.8, 4) is 0 Å². The molecule has 0 spiro atoms. The summed E-state index contributed by atoms with van der Waals surface area (Å²) in [6.45, 7) is 1.92. The van der Waals surface area contributed by atoms with Crippen molar-refractivity contribution in [2.75, 3.05) is 0 Å². The zero-order valence-electron chi connectivity index (χ0n) is 13.5. The van der Waals surface area contributed by atoms with Gasteiger partial charge in [-0.2, -0.15) is 5.10 Å². The van der Waals surface area contributed by atoms with Crippen LogP contribution in [0.25, 0.3) is 10.8 Å². The quantitative estimate of drug-likeness (QED) is 0.576. The van der Waals surface area contributed by atoms with Crippen molar-refractivity contribution >= 4 is 22.9 Å². The van der Waals surface area contributed by atoms with Crippen LogP contribution in [-0.4, -0.2) is 12.1 Å². The number of aryl methyl sites for hydroxylation is 3. The topological polar surface area (TPSA) is 41.5 Å². The average molecular weight is 314 g/mol. The van der Waals surface area contributed by atoms with Gasteiger partial charge in [-0.3, -0.25) is 4.79 Å². The molecule has 3 aromatic carbocycles. The molecule has 0 aliphatic heterocycles.